The summed E-state index contributed by atoms with van der Waals surface area (Å²) in [7, 11) is 1.62. The minimum atomic E-state index is -0.291. The number of hydrogen-bond acceptors (Lipinski definition) is 7. The molecule has 0 saturated carbocycles. The number of aromatic nitrogens is 3. The maximum Gasteiger partial charge on any atom is 0.316 e. The molecule has 3 rings (SSSR count). The number of benzene rings is 2. The molecule has 0 atom stereocenters. The van der Waals surface area contributed by atoms with Gasteiger partial charge in [-0.15, -0.1) is 10.2 Å². The number of esters is 1. The van der Waals surface area contributed by atoms with Crippen molar-refractivity contribution in [3.8, 4) is 11.4 Å². The number of ether oxygens (including phenoxy) is 2. The van der Waals surface area contributed by atoms with Crippen molar-refractivity contribution in [2.45, 2.75) is 18.6 Å². The molecule has 0 saturated heterocycles. The van der Waals surface area contributed by atoms with Crippen LogP contribution in [-0.4, -0.2) is 40.2 Å². The molecule has 0 spiro atoms. The van der Waals surface area contributed by atoms with Crippen LogP contribution in [0.25, 0.3) is 5.69 Å². The fraction of sp³-hybridized carbons (Fsp3) is 0.250. The molecule has 152 valence electrons. The molecule has 7 nitrogen and oxygen atoms in total. The summed E-state index contributed by atoms with van der Waals surface area (Å²) in [6, 6.07) is 15.0. The first-order chi connectivity index (χ1) is 14.1. The van der Waals surface area contributed by atoms with Gasteiger partial charge in [0, 0.05) is 16.4 Å². The molecule has 1 aromatic heterocycles. The van der Waals surface area contributed by atoms with Crippen molar-refractivity contribution in [2.75, 3.05) is 24.8 Å². The number of nitrogens with one attached hydrogen (secondary N) is 1. The molecule has 0 unspecified atom stereocenters. The Bertz CT molecular complexity index is 963. The summed E-state index contributed by atoms with van der Waals surface area (Å²) in [6.07, 6.45) is 0. The summed E-state index contributed by atoms with van der Waals surface area (Å²) in [4.78, 5) is 11.8. The topological polar surface area (TPSA) is 78.3 Å². The molecule has 1 heterocycles. The van der Waals surface area contributed by atoms with Gasteiger partial charge in [0.25, 0.3) is 0 Å². The Hall–Kier alpha value is -2.71. The maximum absolute atomic E-state index is 11.8. The lowest BCUT2D eigenvalue weighted by molar-refractivity contribution is -0.139. The van der Waals surface area contributed by atoms with E-state index < -0.39 is 0 Å². The molecule has 0 fully saturated rings. The van der Waals surface area contributed by atoms with Crippen LogP contribution in [0, 0.1) is 0 Å². The molecule has 0 radical (unpaired) electrons. The van der Waals surface area contributed by atoms with Crippen LogP contribution in [0.1, 0.15) is 12.7 Å². The predicted molar refractivity (Wildman–Crippen MR) is 114 cm³/mol. The summed E-state index contributed by atoms with van der Waals surface area (Å²) in [5, 5.41) is 13.1. The zero-order valence-electron chi connectivity index (χ0n) is 16.1. The van der Waals surface area contributed by atoms with Crippen molar-refractivity contribution in [3.05, 3.63) is 59.4 Å². The third-order valence-corrected chi connectivity index (χ3v) is 5.07. The van der Waals surface area contributed by atoms with Crippen molar-refractivity contribution >= 4 is 35.0 Å². The van der Waals surface area contributed by atoms with Gasteiger partial charge in [0.15, 0.2) is 11.0 Å². The largest absolute Gasteiger partial charge is 0.497 e. The van der Waals surface area contributed by atoms with Gasteiger partial charge < -0.3 is 14.8 Å². The number of thioether (sulfide) groups is 1. The molecule has 3 aromatic rings. The normalized spacial score (nSPS) is 10.6. The molecule has 2 aromatic carbocycles. The van der Waals surface area contributed by atoms with Crippen LogP contribution in [0.15, 0.2) is 53.7 Å². The van der Waals surface area contributed by atoms with E-state index in [0.29, 0.717) is 29.2 Å². The fourth-order valence-electron chi connectivity index (χ4n) is 2.60. The van der Waals surface area contributed by atoms with E-state index in [1.165, 1.54) is 11.8 Å². The van der Waals surface area contributed by atoms with Crippen LogP contribution in [0.2, 0.25) is 5.02 Å². The molecule has 9 heteroatoms. The highest BCUT2D eigenvalue weighted by atomic mass is 35.5. The van der Waals surface area contributed by atoms with Crippen LogP contribution in [0.3, 0.4) is 0 Å². The predicted octanol–water partition coefficient (Wildman–Crippen LogP) is 4.20. The molecule has 0 aliphatic heterocycles. The second-order valence-electron chi connectivity index (χ2n) is 5.89. The summed E-state index contributed by atoms with van der Waals surface area (Å²) < 4.78 is 12.1. The Kier molecular flexibility index (Phi) is 7.37. The van der Waals surface area contributed by atoms with E-state index in [4.69, 9.17) is 21.1 Å². The van der Waals surface area contributed by atoms with Gasteiger partial charge >= 0.3 is 5.97 Å². The Labute approximate surface area is 178 Å². The monoisotopic (exact) mass is 432 g/mol. The van der Waals surface area contributed by atoms with Gasteiger partial charge in [-0.2, -0.15) is 0 Å². The molecule has 0 amide bonds. The fourth-order valence-corrected chi connectivity index (χ4v) is 3.56. The van der Waals surface area contributed by atoms with E-state index >= 15 is 0 Å². The first kappa shape index (κ1) is 21.0. The average Bonchev–Trinajstić information content (AvgIpc) is 3.14. The third-order valence-electron chi connectivity index (χ3n) is 3.93. The summed E-state index contributed by atoms with van der Waals surface area (Å²) in [6.45, 7) is 2.56. The van der Waals surface area contributed by atoms with Gasteiger partial charge in [0.05, 0.1) is 26.0 Å². The second-order valence-corrected chi connectivity index (χ2v) is 7.27. The number of nitrogens with zero attached hydrogens (tertiary/aromatic N) is 3. The lowest BCUT2D eigenvalue weighted by Gasteiger charge is -2.12. The van der Waals surface area contributed by atoms with Crippen molar-refractivity contribution in [1.29, 1.82) is 0 Å². The van der Waals surface area contributed by atoms with Crippen LogP contribution < -0.4 is 10.1 Å². The molecule has 29 heavy (non-hydrogen) atoms. The third kappa shape index (κ3) is 5.65. The Morgan fingerprint density at radius 1 is 1.21 bits per heavy atom. The second kappa shape index (κ2) is 10.2. The summed E-state index contributed by atoms with van der Waals surface area (Å²) in [5.41, 5.74) is 1.74. The van der Waals surface area contributed by atoms with Gasteiger partial charge in [0.2, 0.25) is 0 Å². The molecular formula is C20H21ClN4O3S. The van der Waals surface area contributed by atoms with Crippen LogP contribution in [0.4, 0.5) is 5.69 Å². The number of rotatable bonds is 9. The highest BCUT2D eigenvalue weighted by Crippen LogP contribution is 2.25. The lowest BCUT2D eigenvalue weighted by atomic mass is 10.3. The van der Waals surface area contributed by atoms with Crippen molar-refractivity contribution in [3.63, 3.8) is 0 Å². The van der Waals surface area contributed by atoms with Crippen LogP contribution >= 0.6 is 23.4 Å². The SMILES string of the molecule is CCOC(=O)CSc1nnc(CNc2cccc(Cl)c2)n1-c1ccc(OC)cc1. The number of carbonyl (C=O) groups is 1. The molecule has 0 bridgehead atoms. The summed E-state index contributed by atoms with van der Waals surface area (Å²) >= 11 is 7.33. The molecule has 0 aliphatic rings. The van der Waals surface area contributed by atoms with Gasteiger partial charge in [-0.1, -0.05) is 29.4 Å². The maximum atomic E-state index is 11.8. The molecular weight excluding hydrogens is 412 g/mol. The highest BCUT2D eigenvalue weighted by molar-refractivity contribution is 7.99. The van der Waals surface area contributed by atoms with Gasteiger partial charge in [0.1, 0.15) is 5.75 Å². The van der Waals surface area contributed by atoms with Gasteiger partial charge in [-0.3, -0.25) is 9.36 Å². The quantitative estimate of drug-likeness (QED) is 0.401. The smallest absolute Gasteiger partial charge is 0.316 e. The van der Waals surface area contributed by atoms with E-state index in [1.807, 2.05) is 53.1 Å². The number of hydrogen-bond donors (Lipinski definition) is 1. The summed E-state index contributed by atoms with van der Waals surface area (Å²) in [5.74, 6) is 1.31. The van der Waals surface area contributed by atoms with Gasteiger partial charge in [-0.05, 0) is 49.4 Å². The number of halogens is 1. The van der Waals surface area contributed by atoms with Gasteiger partial charge in [-0.25, -0.2) is 0 Å². The van der Waals surface area contributed by atoms with E-state index in [2.05, 4.69) is 15.5 Å². The zero-order chi connectivity index (χ0) is 20.6. The van der Waals surface area contributed by atoms with E-state index in [9.17, 15) is 4.79 Å². The first-order valence-electron chi connectivity index (χ1n) is 8.97. The van der Waals surface area contributed by atoms with Crippen molar-refractivity contribution in [1.82, 2.24) is 14.8 Å². The lowest BCUT2D eigenvalue weighted by Crippen LogP contribution is -2.10. The van der Waals surface area contributed by atoms with E-state index in [-0.39, 0.29) is 11.7 Å². The van der Waals surface area contributed by atoms with E-state index in [0.717, 1.165) is 17.1 Å². The van der Waals surface area contributed by atoms with Crippen LogP contribution in [0.5, 0.6) is 5.75 Å². The average molecular weight is 433 g/mol. The zero-order valence-corrected chi connectivity index (χ0v) is 17.7. The number of anilines is 1. The molecule has 0 aliphatic carbocycles. The number of carbonyl (C=O) groups excluding carboxylic acids is 1. The van der Waals surface area contributed by atoms with Crippen molar-refractivity contribution in [2.24, 2.45) is 0 Å². The Morgan fingerprint density at radius 3 is 2.69 bits per heavy atom. The Morgan fingerprint density at radius 2 is 2.00 bits per heavy atom. The molecule has 1 N–H and O–H groups in total. The van der Waals surface area contributed by atoms with Crippen molar-refractivity contribution < 1.29 is 14.3 Å². The first-order valence-corrected chi connectivity index (χ1v) is 10.3. The standard InChI is InChI=1S/C20H21ClN4O3S/c1-3-28-19(26)13-29-20-24-23-18(12-22-15-6-4-5-14(21)11-15)25(20)16-7-9-17(27-2)10-8-16/h4-11,22H,3,12-13H2,1-2H3. The Balaban J connectivity index is 1.85. The number of methoxy groups -OCH3 is 1. The minimum absolute atomic E-state index is 0.157. The van der Waals surface area contributed by atoms with E-state index in [1.54, 1.807) is 14.0 Å². The highest BCUT2D eigenvalue weighted by Gasteiger charge is 2.16. The minimum Gasteiger partial charge on any atom is -0.497 e. The van der Waals surface area contributed by atoms with Crippen LogP contribution in [-0.2, 0) is 16.1 Å².